The molecule has 1 saturated carbocycles. The average Bonchev–Trinajstić information content (AvgIpc) is 2.15. The molecule has 0 spiro atoms. The summed E-state index contributed by atoms with van der Waals surface area (Å²) in [5.74, 6) is 0. The normalized spacial score (nSPS) is 23.6. The van der Waals surface area contributed by atoms with Crippen molar-refractivity contribution in [2.24, 2.45) is 0 Å². The van der Waals surface area contributed by atoms with Crippen LogP contribution in [0.4, 0.5) is 0 Å². The number of benzene rings is 1. The van der Waals surface area contributed by atoms with Crippen LogP contribution in [0.1, 0.15) is 19.8 Å². The smallest absolute Gasteiger partial charge is 1.00 e. The van der Waals surface area contributed by atoms with Gasteiger partial charge in [0.1, 0.15) is 0 Å². The molecule has 0 heterocycles. The van der Waals surface area contributed by atoms with E-state index in [1.807, 2.05) is 30.3 Å². The number of ether oxygens (including phenoxy) is 1. The van der Waals surface area contributed by atoms with Crippen LogP contribution in [0.3, 0.4) is 0 Å². The van der Waals surface area contributed by atoms with Gasteiger partial charge in [0.15, 0.2) is 0 Å². The number of hydrogen-bond acceptors (Lipinski definition) is 3. The van der Waals surface area contributed by atoms with E-state index in [-0.39, 0.29) is 58.9 Å². The molecule has 6 heteroatoms. The van der Waals surface area contributed by atoms with E-state index < -0.39 is 15.4 Å². The van der Waals surface area contributed by atoms with Gasteiger partial charge in [0, 0.05) is 0 Å². The van der Waals surface area contributed by atoms with Crippen molar-refractivity contribution in [1.82, 2.24) is 0 Å². The van der Waals surface area contributed by atoms with E-state index in [9.17, 15) is 8.42 Å². The van der Waals surface area contributed by atoms with Crippen LogP contribution in [0.25, 0.3) is 0 Å². The zero-order valence-corrected chi connectivity index (χ0v) is 13.7. The van der Waals surface area contributed by atoms with E-state index in [2.05, 4.69) is 0 Å². The maximum atomic E-state index is 10.7. The largest absolute Gasteiger partial charge is 1.00 e. The summed E-state index contributed by atoms with van der Waals surface area (Å²) in [6.45, 7) is 0.490. The van der Waals surface area contributed by atoms with Crippen LogP contribution >= 0.6 is 0 Å². The van der Waals surface area contributed by atoms with Crippen LogP contribution in [-0.4, -0.2) is 24.3 Å². The average molecular weight is 282 g/mol. The third kappa shape index (κ3) is 4.72. The molecular weight excluding hydrogens is 267 g/mol. The van der Waals surface area contributed by atoms with Crippen LogP contribution in [-0.2, 0) is 21.5 Å². The van der Waals surface area contributed by atoms with E-state index in [1.54, 1.807) is 0 Å². The Balaban J connectivity index is 0.00000144. The number of rotatable bonds is 4. The summed E-state index contributed by atoms with van der Waals surface area (Å²) in [5.41, 5.74) is 1.07. The summed E-state index contributed by atoms with van der Waals surface area (Å²) in [6.07, 6.45) is 0.740. The van der Waals surface area contributed by atoms with E-state index in [1.165, 1.54) is 0 Å². The molecule has 2 rings (SSSR count). The van der Waals surface area contributed by atoms with Crippen molar-refractivity contribution in [3.05, 3.63) is 35.9 Å². The van der Waals surface area contributed by atoms with Crippen molar-refractivity contribution >= 4 is 10.1 Å². The fourth-order valence-corrected chi connectivity index (χ4v) is 2.60. The summed E-state index contributed by atoms with van der Waals surface area (Å²) in [4.78, 5) is 0. The Kier molecular flexibility index (Phi) is 6.28. The van der Waals surface area contributed by atoms with Crippen LogP contribution < -0.4 is 51.4 Å². The second-order valence-electron chi connectivity index (χ2n) is 4.03. The summed E-state index contributed by atoms with van der Waals surface area (Å²) in [6, 6.07) is 9.71. The fourth-order valence-electron chi connectivity index (χ4n) is 1.68. The van der Waals surface area contributed by atoms with Crippen molar-refractivity contribution < 1.29 is 70.5 Å². The van der Waals surface area contributed by atoms with Crippen molar-refractivity contribution in [2.75, 3.05) is 0 Å². The van der Waals surface area contributed by atoms with Crippen LogP contribution in [0, 0.1) is 0 Å². The Labute approximate surface area is 145 Å². The standard InChI is InChI=1S/C11H14O4S.K.H/c12-16(13,14)11-6-10(7-11)15-8-9-4-2-1-3-5-9;;/h1-5,10-11H,6-8H2,(H,12,13,14);;/q;+1;-1. The summed E-state index contributed by atoms with van der Waals surface area (Å²) in [7, 11) is -3.86. The molecule has 4 nitrogen and oxygen atoms in total. The molecule has 0 aromatic heterocycles. The molecule has 1 aliphatic carbocycles. The predicted molar refractivity (Wildman–Crippen MR) is 60.7 cm³/mol. The minimum Gasteiger partial charge on any atom is -1.00 e. The maximum absolute atomic E-state index is 10.7. The summed E-state index contributed by atoms with van der Waals surface area (Å²) < 4.78 is 35.7. The Morgan fingerprint density at radius 2 is 1.88 bits per heavy atom. The molecule has 0 amide bonds. The molecule has 0 saturated heterocycles. The third-order valence-corrected chi connectivity index (χ3v) is 4.03. The Morgan fingerprint density at radius 1 is 1.29 bits per heavy atom. The Bertz CT molecular complexity index is 445. The Morgan fingerprint density at radius 3 is 2.41 bits per heavy atom. The monoisotopic (exact) mass is 282 g/mol. The van der Waals surface area contributed by atoms with Gasteiger partial charge >= 0.3 is 51.4 Å². The zero-order chi connectivity index (χ0) is 11.6. The summed E-state index contributed by atoms with van der Waals surface area (Å²) >= 11 is 0. The van der Waals surface area contributed by atoms with Crippen molar-refractivity contribution in [1.29, 1.82) is 0 Å². The van der Waals surface area contributed by atoms with Gasteiger partial charge in [0.25, 0.3) is 10.1 Å². The molecule has 0 bridgehead atoms. The first-order chi connectivity index (χ1) is 7.55. The van der Waals surface area contributed by atoms with Crippen molar-refractivity contribution in [2.45, 2.75) is 30.8 Å². The van der Waals surface area contributed by atoms with Gasteiger partial charge in [-0.15, -0.1) is 0 Å². The van der Waals surface area contributed by atoms with Gasteiger partial charge in [0.05, 0.1) is 18.0 Å². The second kappa shape index (κ2) is 6.77. The maximum Gasteiger partial charge on any atom is 1.00 e. The molecule has 1 aliphatic rings. The summed E-state index contributed by atoms with van der Waals surface area (Å²) in [5, 5.41) is -0.631. The molecule has 0 unspecified atom stereocenters. The van der Waals surface area contributed by atoms with Gasteiger partial charge in [-0.25, -0.2) is 0 Å². The van der Waals surface area contributed by atoms with Gasteiger partial charge in [-0.05, 0) is 18.4 Å². The minimum absolute atomic E-state index is 0. The fraction of sp³-hybridized carbons (Fsp3) is 0.455. The second-order valence-corrected chi connectivity index (χ2v) is 5.72. The molecule has 0 radical (unpaired) electrons. The SMILES string of the molecule is O=S(=O)(O)C1CC(OCc2ccccc2)C1.[H-].[K+]. The first kappa shape index (κ1) is 15.8. The molecule has 90 valence electrons. The van der Waals surface area contributed by atoms with Gasteiger partial charge < -0.3 is 6.16 Å². The third-order valence-electron chi connectivity index (χ3n) is 2.80. The van der Waals surface area contributed by atoms with Gasteiger partial charge in [-0.2, -0.15) is 8.42 Å². The van der Waals surface area contributed by atoms with Gasteiger partial charge in [-0.3, -0.25) is 4.55 Å². The molecule has 17 heavy (non-hydrogen) atoms. The van der Waals surface area contributed by atoms with E-state index >= 15 is 0 Å². The Hall–Kier alpha value is 0.726. The molecule has 1 fully saturated rings. The van der Waals surface area contributed by atoms with E-state index in [0.29, 0.717) is 19.4 Å². The predicted octanol–water partition coefficient (Wildman–Crippen LogP) is -1.26. The quantitative estimate of drug-likeness (QED) is 0.553. The zero-order valence-electron chi connectivity index (χ0n) is 10.7. The van der Waals surface area contributed by atoms with Gasteiger partial charge in [-0.1, -0.05) is 30.3 Å². The molecular formula is C11H15KO4S. The minimum atomic E-state index is -3.86. The molecule has 1 N–H and O–H groups in total. The molecule has 1 aromatic carbocycles. The topological polar surface area (TPSA) is 63.6 Å². The van der Waals surface area contributed by atoms with Crippen LogP contribution in [0.15, 0.2) is 30.3 Å². The van der Waals surface area contributed by atoms with E-state index in [0.717, 1.165) is 5.56 Å². The van der Waals surface area contributed by atoms with Crippen molar-refractivity contribution in [3.63, 3.8) is 0 Å². The molecule has 1 aromatic rings. The first-order valence-corrected chi connectivity index (χ1v) is 6.68. The molecule has 0 aliphatic heterocycles. The van der Waals surface area contributed by atoms with Crippen molar-refractivity contribution in [3.8, 4) is 0 Å². The molecule has 0 atom stereocenters. The van der Waals surface area contributed by atoms with Gasteiger partial charge in [0.2, 0.25) is 0 Å². The van der Waals surface area contributed by atoms with Crippen LogP contribution in [0.2, 0.25) is 0 Å². The van der Waals surface area contributed by atoms with E-state index in [4.69, 9.17) is 9.29 Å². The van der Waals surface area contributed by atoms with Crippen LogP contribution in [0.5, 0.6) is 0 Å². The number of hydrogen-bond donors (Lipinski definition) is 1. The first-order valence-electron chi connectivity index (χ1n) is 5.17.